The summed E-state index contributed by atoms with van der Waals surface area (Å²) in [6.45, 7) is 5.65. The number of nitrogens with one attached hydrogen (secondary N) is 2. The van der Waals surface area contributed by atoms with Gasteiger partial charge in [0, 0.05) is 32.8 Å². The Kier molecular flexibility index (Phi) is 4.86. The molecule has 0 aromatic rings. The molecule has 2 aliphatic heterocycles. The molecular formula is C11H22N2O2. The molecule has 0 aromatic carbocycles. The van der Waals surface area contributed by atoms with Gasteiger partial charge in [-0.05, 0) is 19.3 Å². The molecule has 2 rings (SSSR count). The molecule has 2 unspecified atom stereocenters. The maximum atomic E-state index is 5.65. The quantitative estimate of drug-likeness (QED) is 0.698. The average Bonchev–Trinajstić information content (AvgIpc) is 2.32. The van der Waals surface area contributed by atoms with Crippen molar-refractivity contribution in [3.8, 4) is 0 Å². The van der Waals surface area contributed by atoms with E-state index in [2.05, 4.69) is 10.6 Å². The molecule has 2 aliphatic rings. The summed E-state index contributed by atoms with van der Waals surface area (Å²) in [6, 6.07) is 0. The summed E-state index contributed by atoms with van der Waals surface area (Å²) in [7, 11) is 0. The Morgan fingerprint density at radius 1 is 1.07 bits per heavy atom. The molecule has 0 saturated carbocycles. The molecule has 0 aromatic heterocycles. The Bertz CT molecular complexity index is 148. The van der Waals surface area contributed by atoms with Crippen LogP contribution in [0.15, 0.2) is 0 Å². The summed E-state index contributed by atoms with van der Waals surface area (Å²) in [6.07, 6.45) is 4.51. The van der Waals surface area contributed by atoms with Gasteiger partial charge in [0.25, 0.3) is 0 Å². The first kappa shape index (κ1) is 11.3. The van der Waals surface area contributed by atoms with Crippen LogP contribution in [-0.2, 0) is 9.47 Å². The van der Waals surface area contributed by atoms with Crippen LogP contribution in [0, 0.1) is 0 Å². The number of ether oxygens (including phenoxy) is 2. The van der Waals surface area contributed by atoms with Gasteiger partial charge < -0.3 is 20.1 Å². The van der Waals surface area contributed by atoms with Crippen molar-refractivity contribution in [1.82, 2.24) is 10.6 Å². The first-order valence-electron chi connectivity index (χ1n) is 6.10. The van der Waals surface area contributed by atoms with E-state index in [0.29, 0.717) is 12.2 Å². The molecule has 2 saturated heterocycles. The van der Waals surface area contributed by atoms with Crippen molar-refractivity contribution in [1.29, 1.82) is 0 Å². The zero-order chi connectivity index (χ0) is 10.3. The SMILES string of the molecule is C1CCC(CNCC2CNCCO2)OC1. The largest absolute Gasteiger partial charge is 0.377 e. The van der Waals surface area contributed by atoms with Gasteiger partial charge in [-0.25, -0.2) is 0 Å². The van der Waals surface area contributed by atoms with E-state index in [0.717, 1.165) is 39.4 Å². The summed E-state index contributed by atoms with van der Waals surface area (Å²) in [5, 5.41) is 6.76. The molecule has 15 heavy (non-hydrogen) atoms. The summed E-state index contributed by atoms with van der Waals surface area (Å²) >= 11 is 0. The fourth-order valence-corrected chi connectivity index (χ4v) is 2.12. The van der Waals surface area contributed by atoms with E-state index in [-0.39, 0.29) is 0 Å². The summed E-state index contributed by atoms with van der Waals surface area (Å²) in [4.78, 5) is 0. The average molecular weight is 214 g/mol. The van der Waals surface area contributed by atoms with Gasteiger partial charge in [0.05, 0.1) is 18.8 Å². The molecule has 4 nitrogen and oxygen atoms in total. The van der Waals surface area contributed by atoms with Crippen molar-refractivity contribution in [2.24, 2.45) is 0 Å². The molecule has 0 spiro atoms. The van der Waals surface area contributed by atoms with Crippen molar-refractivity contribution >= 4 is 0 Å². The Labute approximate surface area is 91.7 Å². The van der Waals surface area contributed by atoms with Gasteiger partial charge in [-0.3, -0.25) is 0 Å². The van der Waals surface area contributed by atoms with Crippen LogP contribution in [0.2, 0.25) is 0 Å². The third-order valence-corrected chi connectivity index (χ3v) is 3.02. The first-order chi connectivity index (χ1) is 7.45. The maximum Gasteiger partial charge on any atom is 0.0824 e. The minimum absolute atomic E-state index is 0.336. The predicted octanol–water partition coefficient (Wildman–Crippen LogP) is 0.134. The van der Waals surface area contributed by atoms with Crippen molar-refractivity contribution < 1.29 is 9.47 Å². The molecule has 0 amide bonds. The van der Waals surface area contributed by atoms with Crippen LogP contribution in [0.3, 0.4) is 0 Å². The fraction of sp³-hybridized carbons (Fsp3) is 1.00. The molecule has 0 bridgehead atoms. The van der Waals surface area contributed by atoms with E-state index < -0.39 is 0 Å². The molecular weight excluding hydrogens is 192 g/mol. The van der Waals surface area contributed by atoms with Gasteiger partial charge >= 0.3 is 0 Å². The molecule has 2 atom stereocenters. The molecule has 2 heterocycles. The second-order valence-corrected chi connectivity index (χ2v) is 4.34. The van der Waals surface area contributed by atoms with E-state index in [1.807, 2.05) is 0 Å². The zero-order valence-corrected chi connectivity index (χ0v) is 9.34. The molecule has 4 heteroatoms. The first-order valence-corrected chi connectivity index (χ1v) is 6.10. The number of morpholine rings is 1. The Morgan fingerprint density at radius 2 is 1.93 bits per heavy atom. The highest BCUT2D eigenvalue weighted by atomic mass is 16.5. The molecule has 88 valence electrons. The van der Waals surface area contributed by atoms with Crippen molar-refractivity contribution in [2.45, 2.75) is 31.5 Å². The third-order valence-electron chi connectivity index (χ3n) is 3.02. The van der Waals surface area contributed by atoms with Crippen LogP contribution < -0.4 is 10.6 Å². The Balaban J connectivity index is 1.53. The highest BCUT2D eigenvalue weighted by molar-refractivity contribution is 4.72. The molecule has 2 N–H and O–H groups in total. The number of hydrogen-bond donors (Lipinski definition) is 2. The van der Waals surface area contributed by atoms with Crippen molar-refractivity contribution in [3.05, 3.63) is 0 Å². The minimum atomic E-state index is 0.336. The number of rotatable bonds is 4. The lowest BCUT2D eigenvalue weighted by atomic mass is 10.1. The normalized spacial score (nSPS) is 32.8. The van der Waals surface area contributed by atoms with Crippen molar-refractivity contribution in [2.75, 3.05) is 39.4 Å². The minimum Gasteiger partial charge on any atom is -0.377 e. The molecule has 0 radical (unpaired) electrons. The second kappa shape index (κ2) is 6.43. The maximum absolute atomic E-state index is 5.65. The van der Waals surface area contributed by atoms with Gasteiger partial charge in [-0.15, -0.1) is 0 Å². The van der Waals surface area contributed by atoms with Crippen LogP contribution >= 0.6 is 0 Å². The van der Waals surface area contributed by atoms with Gasteiger partial charge in [0.1, 0.15) is 0 Å². The summed E-state index contributed by atoms with van der Waals surface area (Å²) < 4.78 is 11.2. The van der Waals surface area contributed by atoms with E-state index >= 15 is 0 Å². The van der Waals surface area contributed by atoms with E-state index in [1.165, 1.54) is 19.3 Å². The lowest BCUT2D eigenvalue weighted by Gasteiger charge is -2.26. The molecule has 0 aliphatic carbocycles. The zero-order valence-electron chi connectivity index (χ0n) is 9.34. The second-order valence-electron chi connectivity index (χ2n) is 4.34. The molecule has 2 fully saturated rings. The highest BCUT2D eigenvalue weighted by Gasteiger charge is 2.16. The number of hydrogen-bond acceptors (Lipinski definition) is 4. The van der Waals surface area contributed by atoms with Gasteiger partial charge in [0.15, 0.2) is 0 Å². The van der Waals surface area contributed by atoms with Crippen LogP contribution in [0.1, 0.15) is 19.3 Å². The van der Waals surface area contributed by atoms with Crippen LogP contribution in [0.4, 0.5) is 0 Å². The van der Waals surface area contributed by atoms with E-state index in [1.54, 1.807) is 0 Å². The third kappa shape index (κ3) is 4.07. The monoisotopic (exact) mass is 214 g/mol. The summed E-state index contributed by atoms with van der Waals surface area (Å²) in [5.41, 5.74) is 0. The van der Waals surface area contributed by atoms with Crippen LogP contribution in [-0.4, -0.2) is 51.6 Å². The highest BCUT2D eigenvalue weighted by Crippen LogP contribution is 2.11. The van der Waals surface area contributed by atoms with E-state index in [4.69, 9.17) is 9.47 Å². The Morgan fingerprint density at radius 3 is 2.67 bits per heavy atom. The van der Waals surface area contributed by atoms with Gasteiger partial charge in [0.2, 0.25) is 0 Å². The smallest absolute Gasteiger partial charge is 0.0824 e. The van der Waals surface area contributed by atoms with Crippen molar-refractivity contribution in [3.63, 3.8) is 0 Å². The van der Waals surface area contributed by atoms with Crippen LogP contribution in [0.5, 0.6) is 0 Å². The predicted molar refractivity (Wildman–Crippen MR) is 59.1 cm³/mol. The lowest BCUT2D eigenvalue weighted by molar-refractivity contribution is 0.00609. The Hall–Kier alpha value is -0.160. The lowest BCUT2D eigenvalue weighted by Crippen LogP contribution is -2.45. The van der Waals surface area contributed by atoms with Crippen LogP contribution in [0.25, 0.3) is 0 Å². The standard InChI is InChI=1S/C11H22N2O2/c1-2-5-14-10(3-1)7-13-9-11-8-12-4-6-15-11/h10-13H,1-9H2. The topological polar surface area (TPSA) is 42.5 Å². The van der Waals surface area contributed by atoms with Gasteiger partial charge in [-0.1, -0.05) is 0 Å². The fourth-order valence-electron chi connectivity index (χ4n) is 2.12. The van der Waals surface area contributed by atoms with Gasteiger partial charge in [-0.2, -0.15) is 0 Å². The summed E-state index contributed by atoms with van der Waals surface area (Å²) in [5.74, 6) is 0. The van der Waals surface area contributed by atoms with E-state index in [9.17, 15) is 0 Å².